The van der Waals surface area contributed by atoms with Gasteiger partial charge in [0.05, 0.1) is 13.2 Å². The summed E-state index contributed by atoms with van der Waals surface area (Å²) >= 11 is 0. The van der Waals surface area contributed by atoms with Gasteiger partial charge < -0.3 is 19.9 Å². The molecule has 20 heavy (non-hydrogen) atoms. The number of benzene rings is 1. The number of rotatable bonds is 4. The highest BCUT2D eigenvalue weighted by molar-refractivity contribution is 5.55. The van der Waals surface area contributed by atoms with Crippen LogP contribution in [-0.4, -0.2) is 43.0 Å². The van der Waals surface area contributed by atoms with E-state index in [1.165, 1.54) is 5.56 Å². The largest absolute Gasteiger partial charge is 0.378 e. The lowest BCUT2D eigenvalue weighted by Crippen LogP contribution is -2.36. The normalized spacial score (nSPS) is 15.6. The first-order valence-electron chi connectivity index (χ1n) is 6.82. The summed E-state index contributed by atoms with van der Waals surface area (Å²) in [4.78, 5) is 6.52. The van der Waals surface area contributed by atoms with E-state index in [1.807, 2.05) is 24.3 Å². The molecule has 2 heterocycles. The molecule has 0 atom stereocenters. The molecule has 0 saturated carbocycles. The topological polar surface area (TPSA) is 77.4 Å². The van der Waals surface area contributed by atoms with Gasteiger partial charge in [-0.25, -0.2) is 0 Å². The van der Waals surface area contributed by atoms with Gasteiger partial charge in [0.25, 0.3) is 11.8 Å². The molecular formula is C14H18N4O2. The number of nitrogens with two attached hydrogens (primary N) is 1. The van der Waals surface area contributed by atoms with Gasteiger partial charge in [-0.1, -0.05) is 12.1 Å². The second-order valence-electron chi connectivity index (χ2n) is 4.73. The third kappa shape index (κ3) is 2.81. The molecule has 2 N–H and O–H groups in total. The first kappa shape index (κ1) is 13.1. The molecule has 6 nitrogen and oxygen atoms in total. The van der Waals surface area contributed by atoms with Crippen molar-refractivity contribution >= 4 is 5.95 Å². The van der Waals surface area contributed by atoms with Crippen LogP contribution in [0.3, 0.4) is 0 Å². The second kappa shape index (κ2) is 6.02. The minimum atomic E-state index is 0.547. The molecule has 0 amide bonds. The van der Waals surface area contributed by atoms with Gasteiger partial charge in [0.15, 0.2) is 0 Å². The molecule has 0 spiro atoms. The monoisotopic (exact) mass is 274 g/mol. The predicted octanol–water partition coefficient (Wildman–Crippen LogP) is 1.07. The molecule has 3 rings (SSSR count). The Bertz CT molecular complexity index is 547. The molecule has 106 valence electrons. The highest BCUT2D eigenvalue weighted by atomic mass is 16.5. The molecule has 0 radical (unpaired) electrons. The second-order valence-corrected chi connectivity index (χ2v) is 4.73. The predicted molar refractivity (Wildman–Crippen MR) is 75.5 cm³/mol. The maximum atomic E-state index is 5.54. The molecule has 0 unspecified atom stereocenters. The molecule has 2 aromatic rings. The Morgan fingerprint density at radius 2 is 1.90 bits per heavy atom. The first-order chi connectivity index (χ1) is 9.86. The van der Waals surface area contributed by atoms with Crippen molar-refractivity contribution in [2.45, 2.75) is 6.42 Å². The van der Waals surface area contributed by atoms with E-state index >= 15 is 0 Å². The maximum Gasteiger partial charge on any atom is 0.266 e. The summed E-state index contributed by atoms with van der Waals surface area (Å²) in [6, 6.07) is 8.06. The van der Waals surface area contributed by atoms with Crippen LogP contribution in [-0.2, 0) is 11.2 Å². The van der Waals surface area contributed by atoms with Crippen molar-refractivity contribution in [1.29, 1.82) is 0 Å². The number of anilines is 1. The molecule has 0 aliphatic carbocycles. The molecule has 1 fully saturated rings. The van der Waals surface area contributed by atoms with E-state index < -0.39 is 0 Å². The van der Waals surface area contributed by atoms with E-state index in [9.17, 15) is 0 Å². The number of ether oxygens (including phenoxy) is 1. The van der Waals surface area contributed by atoms with Crippen LogP contribution in [0.5, 0.6) is 0 Å². The minimum Gasteiger partial charge on any atom is -0.378 e. The Labute approximate surface area is 117 Å². The fourth-order valence-electron chi connectivity index (χ4n) is 2.21. The first-order valence-corrected chi connectivity index (χ1v) is 6.82. The van der Waals surface area contributed by atoms with Crippen molar-refractivity contribution in [3.8, 4) is 11.5 Å². The summed E-state index contributed by atoms with van der Waals surface area (Å²) < 4.78 is 10.6. The Kier molecular flexibility index (Phi) is 3.94. The van der Waals surface area contributed by atoms with Crippen LogP contribution in [0.2, 0.25) is 0 Å². The third-order valence-electron chi connectivity index (χ3n) is 3.34. The fraction of sp³-hybridized carbons (Fsp3) is 0.429. The van der Waals surface area contributed by atoms with Crippen LogP contribution >= 0.6 is 0 Å². The molecular weight excluding hydrogens is 256 g/mol. The molecule has 1 aliphatic rings. The number of nitrogens with zero attached hydrogens (tertiary/aromatic N) is 3. The molecule has 1 aromatic carbocycles. The number of morpholine rings is 1. The Balaban J connectivity index is 1.75. The van der Waals surface area contributed by atoms with Gasteiger partial charge in [-0.3, -0.25) is 0 Å². The quantitative estimate of drug-likeness (QED) is 0.898. The molecule has 1 aromatic heterocycles. The van der Waals surface area contributed by atoms with Crippen LogP contribution in [0.4, 0.5) is 5.95 Å². The van der Waals surface area contributed by atoms with E-state index in [1.54, 1.807) is 0 Å². The van der Waals surface area contributed by atoms with E-state index in [2.05, 4.69) is 15.0 Å². The smallest absolute Gasteiger partial charge is 0.266 e. The van der Waals surface area contributed by atoms with E-state index in [4.69, 9.17) is 15.0 Å². The van der Waals surface area contributed by atoms with Gasteiger partial charge in [0, 0.05) is 18.7 Å². The third-order valence-corrected chi connectivity index (χ3v) is 3.34. The summed E-state index contributed by atoms with van der Waals surface area (Å²) in [5.41, 5.74) is 7.68. The average molecular weight is 274 g/mol. The highest BCUT2D eigenvalue weighted by Gasteiger charge is 2.17. The number of aromatic nitrogens is 2. The van der Waals surface area contributed by atoms with Crippen LogP contribution in [0.1, 0.15) is 5.56 Å². The van der Waals surface area contributed by atoms with Gasteiger partial charge in [-0.05, 0) is 35.8 Å². The fourth-order valence-corrected chi connectivity index (χ4v) is 2.21. The van der Waals surface area contributed by atoms with E-state index in [0.29, 0.717) is 31.6 Å². The van der Waals surface area contributed by atoms with Crippen LogP contribution in [0.25, 0.3) is 11.5 Å². The summed E-state index contributed by atoms with van der Waals surface area (Å²) in [7, 11) is 0. The SMILES string of the molecule is NCCc1ccc(-c2nc(N3CCOCC3)no2)cc1. The van der Waals surface area contributed by atoms with Gasteiger partial charge in [0.2, 0.25) is 0 Å². The van der Waals surface area contributed by atoms with Gasteiger partial charge >= 0.3 is 0 Å². The zero-order valence-electron chi connectivity index (χ0n) is 11.3. The van der Waals surface area contributed by atoms with Gasteiger partial charge in [0.1, 0.15) is 0 Å². The Hall–Kier alpha value is -1.92. The Morgan fingerprint density at radius 1 is 1.15 bits per heavy atom. The number of hydrogen-bond donors (Lipinski definition) is 1. The summed E-state index contributed by atoms with van der Waals surface area (Å²) in [6.07, 6.45) is 0.878. The van der Waals surface area contributed by atoms with Crippen molar-refractivity contribution in [1.82, 2.24) is 10.1 Å². The zero-order valence-corrected chi connectivity index (χ0v) is 11.3. The van der Waals surface area contributed by atoms with Gasteiger partial charge in [-0.15, -0.1) is 0 Å². The zero-order chi connectivity index (χ0) is 13.8. The lowest BCUT2D eigenvalue weighted by molar-refractivity contribution is 0.121. The summed E-state index contributed by atoms with van der Waals surface area (Å²) in [5, 5.41) is 4.04. The highest BCUT2D eigenvalue weighted by Crippen LogP contribution is 2.21. The lowest BCUT2D eigenvalue weighted by atomic mass is 10.1. The molecule has 1 saturated heterocycles. The van der Waals surface area contributed by atoms with Crippen molar-refractivity contribution in [3.05, 3.63) is 29.8 Å². The van der Waals surface area contributed by atoms with Crippen LogP contribution < -0.4 is 10.6 Å². The van der Waals surface area contributed by atoms with E-state index in [-0.39, 0.29) is 0 Å². The Morgan fingerprint density at radius 3 is 2.60 bits per heavy atom. The van der Waals surface area contributed by atoms with Crippen LogP contribution in [0, 0.1) is 0 Å². The van der Waals surface area contributed by atoms with Gasteiger partial charge in [-0.2, -0.15) is 4.98 Å². The van der Waals surface area contributed by atoms with Crippen LogP contribution in [0.15, 0.2) is 28.8 Å². The minimum absolute atomic E-state index is 0.547. The number of hydrogen-bond acceptors (Lipinski definition) is 6. The maximum absolute atomic E-state index is 5.54. The van der Waals surface area contributed by atoms with Crippen molar-refractivity contribution in [2.75, 3.05) is 37.7 Å². The molecule has 1 aliphatic heterocycles. The van der Waals surface area contributed by atoms with Crippen molar-refractivity contribution in [2.24, 2.45) is 5.73 Å². The summed E-state index contributed by atoms with van der Waals surface area (Å²) in [5.74, 6) is 1.18. The lowest BCUT2D eigenvalue weighted by Gasteiger charge is -2.24. The standard InChI is InChI=1S/C14H18N4O2/c15-6-5-11-1-3-12(4-2-11)13-16-14(17-20-13)18-7-9-19-10-8-18/h1-4H,5-10,15H2. The molecule has 6 heteroatoms. The summed E-state index contributed by atoms with van der Waals surface area (Å²) in [6.45, 7) is 3.67. The van der Waals surface area contributed by atoms with Crippen molar-refractivity contribution in [3.63, 3.8) is 0 Å². The average Bonchev–Trinajstić information content (AvgIpc) is 2.99. The van der Waals surface area contributed by atoms with E-state index in [0.717, 1.165) is 25.1 Å². The molecule has 0 bridgehead atoms. The van der Waals surface area contributed by atoms with Crippen molar-refractivity contribution < 1.29 is 9.26 Å².